The maximum atomic E-state index is 13.8. The molecule has 2 rings (SSSR count). The first-order chi connectivity index (χ1) is 8.40. The van der Waals surface area contributed by atoms with Gasteiger partial charge in [-0.25, -0.2) is 8.78 Å². The quantitative estimate of drug-likeness (QED) is 0.725. The first kappa shape index (κ1) is 14.2. The summed E-state index contributed by atoms with van der Waals surface area (Å²) in [4.78, 5) is 0. The molecule has 0 aliphatic rings. The van der Waals surface area contributed by atoms with Crippen molar-refractivity contribution in [2.75, 3.05) is 0 Å². The van der Waals surface area contributed by atoms with Crippen LogP contribution >= 0.6 is 50.5 Å². The lowest BCUT2D eigenvalue weighted by atomic mass is 10.0. The minimum atomic E-state index is -0.858. The number of halogens is 5. The molecule has 0 aliphatic heterocycles. The largest absolute Gasteiger partial charge is 0.320 e. The van der Waals surface area contributed by atoms with Gasteiger partial charge in [-0.1, -0.05) is 23.2 Å². The van der Waals surface area contributed by atoms with Crippen LogP contribution < -0.4 is 5.73 Å². The van der Waals surface area contributed by atoms with Gasteiger partial charge in [0.15, 0.2) is 0 Å². The van der Waals surface area contributed by atoms with E-state index < -0.39 is 17.7 Å². The Bertz CT molecular complexity index is 603. The van der Waals surface area contributed by atoms with E-state index in [9.17, 15) is 8.78 Å². The molecule has 1 atom stereocenters. The average molecular weight is 373 g/mol. The van der Waals surface area contributed by atoms with Gasteiger partial charge in [-0.3, -0.25) is 0 Å². The Morgan fingerprint density at radius 1 is 1.11 bits per heavy atom. The van der Waals surface area contributed by atoms with E-state index >= 15 is 0 Å². The van der Waals surface area contributed by atoms with Gasteiger partial charge in [-0.05, 0) is 34.1 Å². The van der Waals surface area contributed by atoms with Crippen LogP contribution in [0.15, 0.2) is 22.7 Å². The molecule has 0 bridgehead atoms. The number of hydrogen-bond donors (Lipinski definition) is 1. The average Bonchev–Trinajstić information content (AvgIpc) is 2.62. The third-order valence-electron chi connectivity index (χ3n) is 2.39. The van der Waals surface area contributed by atoms with Gasteiger partial charge < -0.3 is 5.73 Å². The molecule has 1 aromatic heterocycles. The van der Waals surface area contributed by atoms with Gasteiger partial charge >= 0.3 is 0 Å². The minimum absolute atomic E-state index is 0.0343. The van der Waals surface area contributed by atoms with E-state index in [0.717, 1.165) is 23.5 Å². The van der Waals surface area contributed by atoms with Crippen molar-refractivity contribution in [1.82, 2.24) is 0 Å². The lowest BCUT2D eigenvalue weighted by molar-refractivity contribution is 0.572. The Kier molecular flexibility index (Phi) is 4.29. The molecule has 1 unspecified atom stereocenters. The van der Waals surface area contributed by atoms with E-state index in [1.807, 2.05) is 0 Å². The fraction of sp³-hybridized carbons (Fsp3) is 0.0909. The topological polar surface area (TPSA) is 26.0 Å². The van der Waals surface area contributed by atoms with Crippen LogP contribution in [-0.2, 0) is 0 Å². The predicted molar refractivity (Wildman–Crippen MR) is 74.4 cm³/mol. The summed E-state index contributed by atoms with van der Waals surface area (Å²) in [5.74, 6) is -1.19. The van der Waals surface area contributed by atoms with Crippen molar-refractivity contribution in [3.63, 3.8) is 0 Å². The van der Waals surface area contributed by atoms with Crippen molar-refractivity contribution in [3.8, 4) is 0 Å². The Morgan fingerprint density at radius 3 is 2.33 bits per heavy atom. The Balaban J connectivity index is 2.49. The van der Waals surface area contributed by atoms with Crippen molar-refractivity contribution < 1.29 is 8.78 Å². The molecular weight excluding hydrogens is 367 g/mol. The van der Waals surface area contributed by atoms with Crippen molar-refractivity contribution in [3.05, 3.63) is 54.1 Å². The molecule has 96 valence electrons. The molecule has 0 radical (unpaired) electrons. The summed E-state index contributed by atoms with van der Waals surface area (Å²) >= 11 is 15.8. The van der Waals surface area contributed by atoms with Crippen LogP contribution in [0.5, 0.6) is 0 Å². The van der Waals surface area contributed by atoms with Gasteiger partial charge in [0.1, 0.15) is 11.6 Å². The molecule has 0 spiro atoms. The molecular formula is C11H6BrCl2F2NS. The second kappa shape index (κ2) is 5.43. The maximum Gasteiger partial charge on any atom is 0.137 e. The highest BCUT2D eigenvalue weighted by Crippen LogP contribution is 2.37. The second-order valence-corrected chi connectivity index (χ2v) is 6.68. The van der Waals surface area contributed by atoms with Crippen LogP contribution in [0.25, 0.3) is 0 Å². The number of hydrogen-bond acceptors (Lipinski definition) is 2. The number of benzene rings is 1. The molecule has 2 aromatic rings. The van der Waals surface area contributed by atoms with E-state index in [1.54, 1.807) is 6.07 Å². The SMILES string of the molecule is NC(c1cc(F)c(Br)cc1F)c1cc(Cl)sc1Cl. The highest BCUT2D eigenvalue weighted by atomic mass is 79.9. The highest BCUT2D eigenvalue weighted by Gasteiger charge is 2.20. The summed E-state index contributed by atoms with van der Waals surface area (Å²) in [6.45, 7) is 0. The summed E-state index contributed by atoms with van der Waals surface area (Å²) in [6.07, 6.45) is 0. The van der Waals surface area contributed by atoms with Gasteiger partial charge in [0.2, 0.25) is 0 Å². The number of rotatable bonds is 2. The summed E-state index contributed by atoms with van der Waals surface area (Å²) in [7, 11) is 0. The van der Waals surface area contributed by atoms with Crippen molar-refractivity contribution in [2.45, 2.75) is 6.04 Å². The molecule has 18 heavy (non-hydrogen) atoms. The summed E-state index contributed by atoms with van der Waals surface area (Å²) < 4.78 is 28.0. The third kappa shape index (κ3) is 2.70. The first-order valence-electron chi connectivity index (χ1n) is 4.75. The van der Waals surface area contributed by atoms with Gasteiger partial charge in [0, 0.05) is 11.1 Å². The van der Waals surface area contributed by atoms with Crippen LogP contribution in [0, 0.1) is 11.6 Å². The number of thiophene rings is 1. The number of nitrogens with two attached hydrogens (primary N) is 1. The lowest BCUT2D eigenvalue weighted by Crippen LogP contribution is -2.13. The zero-order valence-electron chi connectivity index (χ0n) is 8.68. The molecule has 0 fully saturated rings. The van der Waals surface area contributed by atoms with Gasteiger partial charge in [-0.15, -0.1) is 11.3 Å². The summed E-state index contributed by atoms with van der Waals surface area (Å²) in [5.41, 5.74) is 6.41. The van der Waals surface area contributed by atoms with Crippen LogP contribution in [0.2, 0.25) is 8.67 Å². The molecule has 0 amide bonds. The van der Waals surface area contributed by atoms with Gasteiger partial charge in [0.25, 0.3) is 0 Å². The first-order valence-corrected chi connectivity index (χ1v) is 7.11. The van der Waals surface area contributed by atoms with Crippen LogP contribution in [0.1, 0.15) is 17.2 Å². The van der Waals surface area contributed by atoms with E-state index in [2.05, 4.69) is 15.9 Å². The predicted octanol–water partition coefficient (Wildman–Crippen LogP) is 5.14. The van der Waals surface area contributed by atoms with E-state index in [0.29, 0.717) is 14.2 Å². The van der Waals surface area contributed by atoms with E-state index in [-0.39, 0.29) is 10.0 Å². The third-order valence-corrected chi connectivity index (χ3v) is 4.52. The molecule has 2 N–H and O–H groups in total. The molecule has 1 aromatic carbocycles. The Morgan fingerprint density at radius 2 is 1.78 bits per heavy atom. The minimum Gasteiger partial charge on any atom is -0.320 e. The fourth-order valence-corrected chi connectivity index (χ4v) is 3.37. The molecule has 1 heterocycles. The van der Waals surface area contributed by atoms with Crippen molar-refractivity contribution in [1.29, 1.82) is 0 Å². The second-order valence-electron chi connectivity index (χ2n) is 3.55. The van der Waals surface area contributed by atoms with Crippen LogP contribution in [0.4, 0.5) is 8.78 Å². The monoisotopic (exact) mass is 371 g/mol. The maximum absolute atomic E-state index is 13.8. The van der Waals surface area contributed by atoms with Crippen LogP contribution in [0.3, 0.4) is 0 Å². The summed E-state index contributed by atoms with van der Waals surface area (Å²) in [5, 5.41) is 0. The molecule has 1 nitrogen and oxygen atoms in total. The summed E-state index contributed by atoms with van der Waals surface area (Å²) in [6, 6.07) is 2.78. The van der Waals surface area contributed by atoms with Crippen molar-refractivity contribution in [2.24, 2.45) is 5.73 Å². The smallest absolute Gasteiger partial charge is 0.137 e. The van der Waals surface area contributed by atoms with Gasteiger partial charge in [0.05, 0.1) is 19.2 Å². The zero-order valence-corrected chi connectivity index (χ0v) is 12.6. The van der Waals surface area contributed by atoms with Gasteiger partial charge in [-0.2, -0.15) is 0 Å². The molecule has 0 saturated heterocycles. The standard InChI is InChI=1S/C11H6BrCl2F2NS/c12-6-3-7(15)4(1-8(6)16)10(17)5-2-9(13)18-11(5)14/h1-3,10H,17H2. The molecule has 7 heteroatoms. The van der Waals surface area contributed by atoms with E-state index in [4.69, 9.17) is 28.9 Å². The van der Waals surface area contributed by atoms with Crippen molar-refractivity contribution >= 4 is 50.5 Å². The zero-order chi connectivity index (χ0) is 13.4. The molecule has 0 aliphatic carbocycles. The van der Waals surface area contributed by atoms with E-state index in [1.165, 1.54) is 0 Å². The highest BCUT2D eigenvalue weighted by molar-refractivity contribution is 9.10. The normalized spacial score (nSPS) is 12.8. The van der Waals surface area contributed by atoms with Crippen LogP contribution in [-0.4, -0.2) is 0 Å². The fourth-order valence-electron chi connectivity index (χ4n) is 1.51. The lowest BCUT2D eigenvalue weighted by Gasteiger charge is -2.13. The Labute approximate surface area is 125 Å². The molecule has 0 saturated carbocycles. The Hall–Kier alpha value is -0.200.